The summed E-state index contributed by atoms with van der Waals surface area (Å²) < 4.78 is 4.87. The lowest BCUT2D eigenvalue weighted by Gasteiger charge is -2.45. The lowest BCUT2D eigenvalue weighted by Crippen LogP contribution is -2.48. The van der Waals surface area contributed by atoms with Gasteiger partial charge < -0.3 is 9.64 Å². The maximum absolute atomic E-state index is 13.5. The third kappa shape index (κ3) is 4.65. The third-order valence-corrected chi connectivity index (χ3v) is 6.66. The van der Waals surface area contributed by atoms with Crippen molar-refractivity contribution < 1.29 is 14.3 Å². The van der Waals surface area contributed by atoms with Crippen molar-refractivity contribution in [3.8, 4) is 0 Å². The molecule has 1 aliphatic carbocycles. The van der Waals surface area contributed by atoms with Crippen LogP contribution in [0.15, 0.2) is 48.5 Å². The van der Waals surface area contributed by atoms with Crippen molar-refractivity contribution in [2.24, 2.45) is 11.8 Å². The molecule has 4 rings (SSSR count). The van der Waals surface area contributed by atoms with Crippen LogP contribution < -0.4 is 0 Å². The van der Waals surface area contributed by atoms with Crippen LogP contribution in [0.1, 0.15) is 48.8 Å². The van der Waals surface area contributed by atoms with Crippen LogP contribution in [0.3, 0.4) is 0 Å². The molecule has 2 aromatic rings. The largest absolute Gasteiger partial charge is 0.469 e. The summed E-state index contributed by atoms with van der Waals surface area (Å²) in [5.41, 5.74) is 2.13. The summed E-state index contributed by atoms with van der Waals surface area (Å²) in [5.74, 6) is -0.166. The first-order valence-corrected chi connectivity index (χ1v) is 11.1. The molecule has 2 fully saturated rings. The minimum Gasteiger partial charge on any atom is -0.469 e. The van der Waals surface area contributed by atoms with Crippen molar-refractivity contribution in [3.63, 3.8) is 0 Å². The summed E-state index contributed by atoms with van der Waals surface area (Å²) in [4.78, 5) is 27.5. The van der Waals surface area contributed by atoms with Crippen LogP contribution in [0.2, 0.25) is 10.0 Å². The van der Waals surface area contributed by atoms with Crippen molar-refractivity contribution in [1.82, 2.24) is 4.90 Å². The van der Waals surface area contributed by atoms with Gasteiger partial charge in [0.05, 0.1) is 19.6 Å². The molecule has 0 spiro atoms. The number of carbonyl (C=O) groups is 2. The van der Waals surface area contributed by atoms with Crippen LogP contribution in [0, 0.1) is 11.8 Å². The molecular formula is C24H25Cl2NO3. The van der Waals surface area contributed by atoms with Crippen LogP contribution in [0.4, 0.5) is 0 Å². The second kappa shape index (κ2) is 8.99. The molecule has 1 heterocycles. The first-order chi connectivity index (χ1) is 14.5. The van der Waals surface area contributed by atoms with E-state index in [1.807, 2.05) is 47.4 Å². The van der Waals surface area contributed by atoms with E-state index in [1.54, 1.807) is 0 Å². The smallest absolute Gasteiger partial charge is 0.306 e. The number of methoxy groups -OCH3 is 1. The minimum absolute atomic E-state index is 0.0241. The predicted molar refractivity (Wildman–Crippen MR) is 118 cm³/mol. The molecule has 3 atom stereocenters. The molecule has 158 valence electrons. The summed E-state index contributed by atoms with van der Waals surface area (Å²) >= 11 is 12.4. The van der Waals surface area contributed by atoms with E-state index in [4.69, 9.17) is 27.9 Å². The highest BCUT2D eigenvalue weighted by Gasteiger charge is 2.45. The van der Waals surface area contributed by atoms with Crippen molar-refractivity contribution in [2.45, 2.75) is 37.6 Å². The Morgan fingerprint density at radius 1 is 1.07 bits per heavy atom. The van der Waals surface area contributed by atoms with Crippen LogP contribution in [-0.2, 0) is 14.3 Å². The Hall–Kier alpha value is -2.04. The van der Waals surface area contributed by atoms with Crippen LogP contribution >= 0.6 is 23.2 Å². The molecule has 30 heavy (non-hydrogen) atoms. The van der Waals surface area contributed by atoms with E-state index in [2.05, 4.69) is 6.07 Å². The lowest BCUT2D eigenvalue weighted by atomic mass is 9.75. The van der Waals surface area contributed by atoms with E-state index in [0.717, 1.165) is 24.0 Å². The molecule has 2 unspecified atom stereocenters. The second-order valence-electron chi connectivity index (χ2n) is 8.30. The Balaban J connectivity index is 1.77. The number of ether oxygens (including phenoxy) is 1. The average Bonchev–Trinajstić information content (AvgIpc) is 3.55. The van der Waals surface area contributed by atoms with Gasteiger partial charge in [0.2, 0.25) is 5.91 Å². The molecule has 0 N–H and O–H groups in total. The van der Waals surface area contributed by atoms with E-state index in [0.29, 0.717) is 28.9 Å². The van der Waals surface area contributed by atoms with Gasteiger partial charge in [0.1, 0.15) is 0 Å². The topological polar surface area (TPSA) is 46.6 Å². The summed E-state index contributed by atoms with van der Waals surface area (Å²) in [6, 6.07) is 15.4. The van der Waals surface area contributed by atoms with Crippen molar-refractivity contribution >= 4 is 35.1 Å². The van der Waals surface area contributed by atoms with E-state index in [9.17, 15) is 9.59 Å². The Morgan fingerprint density at radius 3 is 2.43 bits per heavy atom. The number of esters is 1. The Labute approximate surface area is 187 Å². The third-order valence-electron chi connectivity index (χ3n) is 6.17. The van der Waals surface area contributed by atoms with Crippen LogP contribution in [-0.4, -0.2) is 30.4 Å². The summed E-state index contributed by atoms with van der Waals surface area (Å²) in [6.07, 6.45) is 2.95. The van der Waals surface area contributed by atoms with Gasteiger partial charge in [0.15, 0.2) is 0 Å². The molecule has 1 amide bonds. The predicted octanol–water partition coefficient (Wildman–Crippen LogP) is 5.64. The van der Waals surface area contributed by atoms with Crippen molar-refractivity contribution in [2.75, 3.05) is 13.7 Å². The Kier molecular flexibility index (Phi) is 6.35. The number of hydrogen-bond donors (Lipinski definition) is 0. The van der Waals surface area contributed by atoms with E-state index in [-0.39, 0.29) is 30.3 Å². The van der Waals surface area contributed by atoms with Gasteiger partial charge in [0.25, 0.3) is 0 Å². The fourth-order valence-corrected chi connectivity index (χ4v) is 4.81. The monoisotopic (exact) mass is 445 g/mol. The maximum atomic E-state index is 13.5. The molecular weight excluding hydrogens is 421 g/mol. The molecule has 2 aliphatic rings. The molecule has 1 aliphatic heterocycles. The first kappa shape index (κ1) is 21.2. The molecule has 0 radical (unpaired) electrons. The number of carbonyl (C=O) groups excluding carboxylic acids is 2. The summed E-state index contributed by atoms with van der Waals surface area (Å²) in [6.45, 7) is 0.709. The number of amides is 1. The molecule has 0 aromatic heterocycles. The van der Waals surface area contributed by atoms with Crippen molar-refractivity contribution in [1.29, 1.82) is 0 Å². The SMILES string of the molecule is COC(=O)C[C@H]1CC(c2cccc(Cl)c2)C(c2ccc(Cl)cc2)N(CC2CC2)C1=O. The molecule has 1 saturated carbocycles. The van der Waals surface area contributed by atoms with Crippen LogP contribution in [0.25, 0.3) is 0 Å². The van der Waals surface area contributed by atoms with E-state index < -0.39 is 5.92 Å². The quantitative estimate of drug-likeness (QED) is 0.540. The molecule has 1 saturated heterocycles. The molecule has 6 heteroatoms. The lowest BCUT2D eigenvalue weighted by molar-refractivity contribution is -0.151. The zero-order chi connectivity index (χ0) is 21.3. The number of hydrogen-bond acceptors (Lipinski definition) is 3. The van der Waals surface area contributed by atoms with Gasteiger partial charge in [-0.05, 0) is 60.6 Å². The normalized spacial score (nSPS) is 24.0. The maximum Gasteiger partial charge on any atom is 0.306 e. The van der Waals surface area contributed by atoms with E-state index >= 15 is 0 Å². The van der Waals surface area contributed by atoms with E-state index in [1.165, 1.54) is 7.11 Å². The van der Waals surface area contributed by atoms with Gasteiger partial charge in [-0.15, -0.1) is 0 Å². The average molecular weight is 446 g/mol. The van der Waals surface area contributed by atoms with Gasteiger partial charge in [-0.2, -0.15) is 0 Å². The first-order valence-electron chi connectivity index (χ1n) is 10.3. The molecule has 0 bridgehead atoms. The fourth-order valence-electron chi connectivity index (χ4n) is 4.49. The number of rotatable bonds is 6. The standard InChI is InChI=1S/C24H25Cl2NO3/c1-30-22(28)13-18-12-21(17-3-2-4-20(26)11-17)23(16-7-9-19(25)10-8-16)27(24(18)29)14-15-5-6-15/h2-4,7-11,15,18,21,23H,5-6,12-14H2,1H3/t18-,21?,23?/m1/s1. The number of benzene rings is 2. The Bertz CT molecular complexity index is 926. The van der Waals surface area contributed by atoms with Gasteiger partial charge in [0, 0.05) is 28.4 Å². The number of likely N-dealkylation sites (tertiary alicyclic amines) is 1. The Morgan fingerprint density at radius 2 is 1.80 bits per heavy atom. The second-order valence-corrected chi connectivity index (χ2v) is 9.18. The highest BCUT2D eigenvalue weighted by molar-refractivity contribution is 6.30. The number of piperidine rings is 1. The van der Waals surface area contributed by atoms with Gasteiger partial charge in [-0.3, -0.25) is 9.59 Å². The number of nitrogens with zero attached hydrogens (tertiary/aromatic N) is 1. The highest BCUT2D eigenvalue weighted by Crippen LogP contribution is 2.48. The zero-order valence-corrected chi connectivity index (χ0v) is 18.4. The van der Waals surface area contributed by atoms with Crippen molar-refractivity contribution in [3.05, 3.63) is 69.7 Å². The number of halogens is 2. The molecule has 2 aromatic carbocycles. The molecule has 4 nitrogen and oxygen atoms in total. The summed E-state index contributed by atoms with van der Waals surface area (Å²) in [7, 11) is 1.36. The van der Waals surface area contributed by atoms with Gasteiger partial charge in [-0.1, -0.05) is 47.5 Å². The van der Waals surface area contributed by atoms with Gasteiger partial charge in [-0.25, -0.2) is 0 Å². The van der Waals surface area contributed by atoms with Crippen LogP contribution in [0.5, 0.6) is 0 Å². The fraction of sp³-hybridized carbons (Fsp3) is 0.417. The van der Waals surface area contributed by atoms with Gasteiger partial charge >= 0.3 is 5.97 Å². The summed E-state index contributed by atoms with van der Waals surface area (Å²) in [5, 5.41) is 1.33. The minimum atomic E-state index is -0.399. The highest BCUT2D eigenvalue weighted by atomic mass is 35.5. The zero-order valence-electron chi connectivity index (χ0n) is 16.9.